The highest BCUT2D eigenvalue weighted by Crippen LogP contribution is 2.29. The lowest BCUT2D eigenvalue weighted by atomic mass is 9.82. The lowest BCUT2D eigenvalue weighted by Gasteiger charge is -2.25. The summed E-state index contributed by atoms with van der Waals surface area (Å²) in [6.07, 6.45) is 4.37. The van der Waals surface area contributed by atoms with E-state index < -0.39 is 23.7 Å². The van der Waals surface area contributed by atoms with Crippen LogP contribution in [0.4, 0.5) is 5.82 Å². The van der Waals surface area contributed by atoms with Gasteiger partial charge in [0, 0.05) is 6.07 Å². The van der Waals surface area contributed by atoms with E-state index in [0.717, 1.165) is 0 Å². The summed E-state index contributed by atoms with van der Waals surface area (Å²) in [5.74, 6) is -1.90. The van der Waals surface area contributed by atoms with Gasteiger partial charge in [0.2, 0.25) is 11.8 Å². The van der Waals surface area contributed by atoms with Crippen molar-refractivity contribution in [1.29, 1.82) is 0 Å². The van der Waals surface area contributed by atoms with Crippen LogP contribution in [0.2, 0.25) is 0 Å². The first-order valence-electron chi connectivity index (χ1n) is 8.15. The van der Waals surface area contributed by atoms with Crippen LogP contribution in [0.3, 0.4) is 0 Å². The molecule has 0 bridgehead atoms. The number of nitrogens with one attached hydrogen (secondary N) is 1. The lowest BCUT2D eigenvalue weighted by molar-refractivity contribution is -0.151. The number of amides is 1. The van der Waals surface area contributed by atoms with Crippen molar-refractivity contribution in [1.82, 2.24) is 9.97 Å². The molecule has 0 aliphatic heterocycles. The number of carbonyl (C=O) groups is 2. The van der Waals surface area contributed by atoms with Crippen LogP contribution in [0, 0.1) is 11.8 Å². The molecule has 11 heteroatoms. The van der Waals surface area contributed by atoms with Gasteiger partial charge in [-0.1, -0.05) is 47.0 Å². The number of carbonyl (C=O) groups excluding carboxylic acids is 2. The fourth-order valence-electron chi connectivity index (χ4n) is 2.54. The summed E-state index contributed by atoms with van der Waals surface area (Å²) in [5, 5.41) is 2.66. The summed E-state index contributed by atoms with van der Waals surface area (Å²) in [5.41, 5.74) is 0. The third-order valence-electron chi connectivity index (χ3n) is 3.94. The van der Waals surface area contributed by atoms with Gasteiger partial charge in [-0.2, -0.15) is 9.97 Å². The Hall–Kier alpha value is -2.03. The molecule has 0 radical (unpaired) electrons. The number of aromatic nitrogens is 2. The number of rotatable bonds is 7. The fourth-order valence-corrected chi connectivity index (χ4v) is 2.71. The van der Waals surface area contributed by atoms with E-state index in [1.165, 1.54) is 20.3 Å². The molecule has 28 heavy (non-hydrogen) atoms. The van der Waals surface area contributed by atoms with E-state index in [9.17, 15) is 9.59 Å². The molecule has 0 unspecified atom stereocenters. The SMILES string of the molecule is COc1cc(NC(=O)[C@H]2CC=CC[C@H]2C(=O)OCC(Cl)=C(Cl)Cl)nc(OC)n1. The maximum Gasteiger partial charge on any atom is 0.321 e. The first-order valence-corrected chi connectivity index (χ1v) is 9.28. The third kappa shape index (κ3) is 5.98. The fraction of sp³-hybridized carbons (Fsp3) is 0.412. The highest BCUT2D eigenvalue weighted by molar-refractivity contribution is 6.59. The monoisotopic (exact) mass is 449 g/mol. The highest BCUT2D eigenvalue weighted by atomic mass is 35.5. The molecular weight excluding hydrogens is 433 g/mol. The van der Waals surface area contributed by atoms with Crippen LogP contribution < -0.4 is 14.8 Å². The summed E-state index contributed by atoms with van der Waals surface area (Å²) >= 11 is 16.8. The molecule has 1 heterocycles. The summed E-state index contributed by atoms with van der Waals surface area (Å²) in [7, 11) is 2.82. The van der Waals surface area contributed by atoms with Crippen molar-refractivity contribution in [2.24, 2.45) is 11.8 Å². The molecule has 0 saturated heterocycles. The molecule has 1 aromatic heterocycles. The van der Waals surface area contributed by atoms with Crippen molar-refractivity contribution >= 4 is 52.5 Å². The molecule has 152 valence electrons. The molecule has 1 aliphatic rings. The molecule has 1 aromatic rings. The smallest absolute Gasteiger partial charge is 0.321 e. The van der Waals surface area contributed by atoms with Crippen molar-refractivity contribution in [3.8, 4) is 11.9 Å². The van der Waals surface area contributed by atoms with Gasteiger partial charge in [0.1, 0.15) is 16.9 Å². The first-order chi connectivity index (χ1) is 13.3. The molecule has 2 atom stereocenters. The minimum absolute atomic E-state index is 0.00390. The number of anilines is 1. The Bertz CT molecular complexity index is 774. The minimum Gasteiger partial charge on any atom is -0.481 e. The molecule has 0 fully saturated rings. The van der Waals surface area contributed by atoms with E-state index in [1.54, 1.807) is 0 Å². The number of hydrogen-bond donors (Lipinski definition) is 1. The van der Waals surface area contributed by atoms with Crippen LogP contribution in [0.15, 0.2) is 27.7 Å². The summed E-state index contributed by atoms with van der Waals surface area (Å²) in [4.78, 5) is 33.2. The Kier molecular flexibility index (Phi) is 8.35. The van der Waals surface area contributed by atoms with Crippen LogP contribution >= 0.6 is 34.8 Å². The maximum atomic E-state index is 12.8. The van der Waals surface area contributed by atoms with Gasteiger partial charge >= 0.3 is 12.0 Å². The van der Waals surface area contributed by atoms with Gasteiger partial charge in [0.25, 0.3) is 0 Å². The van der Waals surface area contributed by atoms with E-state index in [2.05, 4.69) is 15.3 Å². The van der Waals surface area contributed by atoms with Crippen LogP contribution in [0.25, 0.3) is 0 Å². The largest absolute Gasteiger partial charge is 0.481 e. The standard InChI is InChI=1S/C17H18Cl3N3O5/c1-26-13-7-12(22-17(23-13)27-2)21-15(24)9-5-3-4-6-10(9)16(25)28-8-11(18)14(19)20/h3-4,7,9-10H,5-6,8H2,1-2H3,(H,21,22,23,24)/t9-,10+/m0/s1. The van der Waals surface area contributed by atoms with E-state index in [4.69, 9.17) is 49.0 Å². The second kappa shape index (κ2) is 10.5. The number of ether oxygens (including phenoxy) is 3. The van der Waals surface area contributed by atoms with Crippen LogP contribution in [-0.2, 0) is 14.3 Å². The second-order valence-corrected chi connectivity index (χ2v) is 7.11. The zero-order chi connectivity index (χ0) is 20.7. The number of halogens is 3. The van der Waals surface area contributed by atoms with Gasteiger partial charge in [0.05, 0.1) is 31.1 Å². The second-order valence-electron chi connectivity index (χ2n) is 5.70. The number of esters is 1. The van der Waals surface area contributed by atoms with Crippen molar-refractivity contribution < 1.29 is 23.8 Å². The molecule has 1 aliphatic carbocycles. The Morgan fingerprint density at radius 1 is 1.11 bits per heavy atom. The molecule has 0 saturated carbocycles. The topological polar surface area (TPSA) is 99.6 Å². The summed E-state index contributed by atoms with van der Waals surface area (Å²) in [6.45, 7) is -0.266. The number of nitrogens with zero attached hydrogens (tertiary/aromatic N) is 2. The molecule has 0 spiro atoms. The van der Waals surface area contributed by atoms with Gasteiger partial charge in [-0.3, -0.25) is 9.59 Å². The molecule has 8 nitrogen and oxygen atoms in total. The van der Waals surface area contributed by atoms with Crippen molar-refractivity contribution in [2.45, 2.75) is 12.8 Å². The van der Waals surface area contributed by atoms with Gasteiger partial charge in [-0.15, -0.1) is 0 Å². The number of methoxy groups -OCH3 is 2. The molecule has 1 amide bonds. The normalized spacial score (nSPS) is 18.2. The predicted molar refractivity (Wildman–Crippen MR) is 105 cm³/mol. The number of allylic oxidation sites excluding steroid dienone is 2. The average Bonchev–Trinajstić information content (AvgIpc) is 2.71. The zero-order valence-electron chi connectivity index (χ0n) is 15.1. The van der Waals surface area contributed by atoms with Crippen LogP contribution in [0.5, 0.6) is 11.9 Å². The molecule has 2 rings (SSSR count). The third-order valence-corrected chi connectivity index (χ3v) is 4.89. The molecule has 1 N–H and O–H groups in total. The quantitative estimate of drug-likeness (QED) is 0.502. The maximum absolute atomic E-state index is 12.8. The van der Waals surface area contributed by atoms with Crippen LogP contribution in [0.1, 0.15) is 12.8 Å². The van der Waals surface area contributed by atoms with E-state index >= 15 is 0 Å². The Morgan fingerprint density at radius 3 is 2.39 bits per heavy atom. The number of hydrogen-bond acceptors (Lipinski definition) is 7. The van der Waals surface area contributed by atoms with E-state index in [0.29, 0.717) is 12.8 Å². The minimum atomic E-state index is -0.686. The van der Waals surface area contributed by atoms with Gasteiger partial charge in [-0.05, 0) is 12.8 Å². The Morgan fingerprint density at radius 2 is 1.79 bits per heavy atom. The summed E-state index contributed by atoms with van der Waals surface area (Å²) < 4.78 is 15.0. The van der Waals surface area contributed by atoms with Crippen molar-refractivity contribution in [2.75, 3.05) is 26.1 Å². The van der Waals surface area contributed by atoms with E-state index in [-0.39, 0.29) is 33.8 Å². The van der Waals surface area contributed by atoms with Gasteiger partial charge in [0.15, 0.2) is 0 Å². The lowest BCUT2D eigenvalue weighted by Crippen LogP contribution is -2.36. The highest BCUT2D eigenvalue weighted by Gasteiger charge is 2.35. The molecular formula is C17H18Cl3N3O5. The van der Waals surface area contributed by atoms with Gasteiger partial charge < -0.3 is 19.5 Å². The Labute approximate surface area is 176 Å². The van der Waals surface area contributed by atoms with Crippen LogP contribution in [-0.4, -0.2) is 42.7 Å². The van der Waals surface area contributed by atoms with E-state index in [1.807, 2.05) is 12.2 Å². The zero-order valence-corrected chi connectivity index (χ0v) is 17.3. The first kappa shape index (κ1) is 22.3. The molecule has 0 aromatic carbocycles. The summed E-state index contributed by atoms with van der Waals surface area (Å²) in [6, 6.07) is 1.48. The van der Waals surface area contributed by atoms with Crippen molar-refractivity contribution in [3.05, 3.63) is 27.7 Å². The Balaban J connectivity index is 2.11. The van der Waals surface area contributed by atoms with Crippen molar-refractivity contribution in [3.63, 3.8) is 0 Å². The van der Waals surface area contributed by atoms with Gasteiger partial charge in [-0.25, -0.2) is 0 Å². The average molecular weight is 451 g/mol. The predicted octanol–water partition coefficient (Wildman–Crippen LogP) is 3.44.